The molecule has 0 radical (unpaired) electrons. The number of rotatable bonds is 5. The van der Waals surface area contributed by atoms with E-state index in [1.54, 1.807) is 0 Å². The third kappa shape index (κ3) is 2.94. The predicted octanol–water partition coefficient (Wildman–Crippen LogP) is 2.32. The molecule has 0 spiro atoms. The van der Waals surface area contributed by atoms with Crippen molar-refractivity contribution >= 4 is 0 Å². The number of halogens is 2. The maximum absolute atomic E-state index is 13.6. The van der Waals surface area contributed by atoms with Crippen LogP contribution in [0.15, 0.2) is 16.7 Å². The van der Waals surface area contributed by atoms with Crippen LogP contribution < -0.4 is 15.2 Å². The molecule has 2 N–H and O–H groups in total. The lowest BCUT2D eigenvalue weighted by atomic mass is 10.0. The lowest BCUT2D eigenvalue weighted by molar-refractivity contribution is 0.0172. The van der Waals surface area contributed by atoms with E-state index in [1.165, 1.54) is 26.4 Å². The molecule has 0 aliphatic rings. The number of hydrogen-bond donors (Lipinski definition) is 1. The zero-order valence-corrected chi connectivity index (χ0v) is 11.8. The Kier molecular flexibility index (Phi) is 4.08. The molecule has 0 atom stereocenters. The molecule has 0 fully saturated rings. The molecule has 0 aliphatic heterocycles. The first kappa shape index (κ1) is 15.2. The van der Waals surface area contributed by atoms with Gasteiger partial charge in [-0.15, -0.1) is 0 Å². The number of methoxy groups -OCH3 is 2. The van der Waals surface area contributed by atoms with Gasteiger partial charge in [0.25, 0.3) is 5.92 Å². The monoisotopic (exact) mass is 299 g/mol. The Morgan fingerprint density at radius 3 is 2.48 bits per heavy atom. The highest BCUT2D eigenvalue weighted by molar-refractivity contribution is 5.70. The summed E-state index contributed by atoms with van der Waals surface area (Å²) in [5.41, 5.74) is 5.40. The van der Waals surface area contributed by atoms with Crippen molar-refractivity contribution in [2.75, 3.05) is 14.2 Å². The summed E-state index contributed by atoms with van der Waals surface area (Å²) in [7, 11) is 2.76. The maximum Gasteiger partial charge on any atom is 0.270 e. The Hall–Kier alpha value is -2.22. The van der Waals surface area contributed by atoms with Crippen molar-refractivity contribution in [3.05, 3.63) is 23.6 Å². The Morgan fingerprint density at radius 1 is 1.29 bits per heavy atom. The number of ether oxygens (including phenoxy) is 2. The first-order valence-corrected chi connectivity index (χ1v) is 6.08. The molecule has 21 heavy (non-hydrogen) atoms. The van der Waals surface area contributed by atoms with E-state index in [0.29, 0.717) is 0 Å². The first-order chi connectivity index (χ1) is 9.90. The van der Waals surface area contributed by atoms with Gasteiger partial charge < -0.3 is 19.7 Å². The van der Waals surface area contributed by atoms with Gasteiger partial charge in [0.1, 0.15) is 0 Å². The molecule has 0 unspecified atom stereocenters. The molecule has 114 valence electrons. The molecule has 0 bridgehead atoms. The van der Waals surface area contributed by atoms with Gasteiger partial charge in [-0.3, -0.25) is 0 Å². The molecule has 0 amide bonds. The van der Waals surface area contributed by atoms with Crippen LogP contribution in [0.5, 0.6) is 11.5 Å². The van der Waals surface area contributed by atoms with Crippen molar-refractivity contribution in [2.45, 2.75) is 19.4 Å². The van der Waals surface area contributed by atoms with Crippen LogP contribution in [0.3, 0.4) is 0 Å². The van der Waals surface area contributed by atoms with Crippen LogP contribution in [0.1, 0.15) is 18.4 Å². The van der Waals surface area contributed by atoms with E-state index in [0.717, 1.165) is 6.92 Å². The molecule has 0 saturated heterocycles. The zero-order chi connectivity index (χ0) is 15.6. The van der Waals surface area contributed by atoms with E-state index in [1.807, 2.05) is 0 Å². The van der Waals surface area contributed by atoms with Crippen LogP contribution in [0.2, 0.25) is 0 Å². The molecular weight excluding hydrogens is 284 g/mol. The highest BCUT2D eigenvalue weighted by atomic mass is 19.3. The number of alkyl halides is 2. The van der Waals surface area contributed by atoms with Gasteiger partial charge in [-0.05, 0) is 12.1 Å². The second kappa shape index (κ2) is 5.65. The fraction of sp³-hybridized carbons (Fsp3) is 0.385. The summed E-state index contributed by atoms with van der Waals surface area (Å²) in [6.07, 6.45) is 0. The molecule has 2 aromatic rings. The number of benzene rings is 1. The van der Waals surface area contributed by atoms with Crippen LogP contribution in [-0.2, 0) is 12.5 Å². The smallest absolute Gasteiger partial charge is 0.270 e. The molecule has 6 nitrogen and oxygen atoms in total. The third-order valence-corrected chi connectivity index (χ3v) is 2.87. The van der Waals surface area contributed by atoms with Crippen molar-refractivity contribution in [1.82, 2.24) is 10.1 Å². The fourth-order valence-electron chi connectivity index (χ4n) is 1.83. The minimum atomic E-state index is -3.05. The van der Waals surface area contributed by atoms with E-state index in [4.69, 9.17) is 19.7 Å². The molecule has 0 aliphatic carbocycles. The number of hydrogen-bond acceptors (Lipinski definition) is 6. The second-order valence-electron chi connectivity index (χ2n) is 4.36. The molecule has 0 saturated carbocycles. The summed E-state index contributed by atoms with van der Waals surface area (Å²) in [5.74, 6) is -2.34. The van der Waals surface area contributed by atoms with Crippen molar-refractivity contribution in [3.63, 3.8) is 0 Å². The molecule has 1 heterocycles. The van der Waals surface area contributed by atoms with Crippen molar-refractivity contribution in [1.29, 1.82) is 0 Å². The highest BCUT2D eigenvalue weighted by Gasteiger charge is 2.29. The predicted molar refractivity (Wildman–Crippen MR) is 70.3 cm³/mol. The normalized spacial score (nSPS) is 11.5. The van der Waals surface area contributed by atoms with Gasteiger partial charge >= 0.3 is 0 Å². The van der Waals surface area contributed by atoms with E-state index < -0.39 is 5.92 Å². The molecule has 1 aromatic heterocycles. The SMILES string of the molecule is COc1cc(C(C)(F)F)cc(-c2noc(CN)n2)c1OC. The molecule has 2 rings (SSSR count). The van der Waals surface area contributed by atoms with Crippen LogP contribution in [0.4, 0.5) is 8.78 Å². The highest BCUT2D eigenvalue weighted by Crippen LogP contribution is 2.41. The summed E-state index contributed by atoms with van der Waals surface area (Å²) in [6.45, 7) is 0.843. The Bertz CT molecular complexity index is 638. The quantitative estimate of drug-likeness (QED) is 0.912. The molecular formula is C13H15F2N3O3. The number of aromatic nitrogens is 2. The van der Waals surface area contributed by atoms with Gasteiger partial charge in [-0.1, -0.05) is 5.16 Å². The van der Waals surface area contributed by atoms with Crippen LogP contribution >= 0.6 is 0 Å². The first-order valence-electron chi connectivity index (χ1n) is 6.08. The molecule has 1 aromatic carbocycles. The molecule has 8 heteroatoms. The topological polar surface area (TPSA) is 83.4 Å². The summed E-state index contributed by atoms with van der Waals surface area (Å²) >= 11 is 0. The largest absolute Gasteiger partial charge is 0.493 e. The lowest BCUT2D eigenvalue weighted by Crippen LogP contribution is -2.08. The van der Waals surface area contributed by atoms with Crippen molar-refractivity contribution in [3.8, 4) is 22.9 Å². The lowest BCUT2D eigenvalue weighted by Gasteiger charge is -2.16. The Labute approximate surface area is 119 Å². The average Bonchev–Trinajstić information content (AvgIpc) is 2.93. The number of nitrogens with zero attached hydrogens (tertiary/aromatic N) is 2. The average molecular weight is 299 g/mol. The summed E-state index contributed by atoms with van der Waals surface area (Å²) < 4.78 is 42.4. The third-order valence-electron chi connectivity index (χ3n) is 2.87. The Balaban J connectivity index is 2.66. The van der Waals surface area contributed by atoms with E-state index in [-0.39, 0.29) is 40.9 Å². The minimum absolute atomic E-state index is 0.0517. The van der Waals surface area contributed by atoms with Crippen LogP contribution in [-0.4, -0.2) is 24.4 Å². The maximum atomic E-state index is 13.6. The van der Waals surface area contributed by atoms with E-state index in [2.05, 4.69) is 10.1 Å². The zero-order valence-electron chi connectivity index (χ0n) is 11.8. The van der Waals surface area contributed by atoms with Gasteiger partial charge in [0, 0.05) is 12.5 Å². The van der Waals surface area contributed by atoms with Gasteiger partial charge in [0.2, 0.25) is 11.7 Å². The van der Waals surface area contributed by atoms with Gasteiger partial charge in [-0.25, -0.2) is 8.78 Å². The van der Waals surface area contributed by atoms with Gasteiger partial charge in [-0.2, -0.15) is 4.98 Å². The van der Waals surface area contributed by atoms with Gasteiger partial charge in [0.15, 0.2) is 11.5 Å². The summed E-state index contributed by atoms with van der Waals surface area (Å²) in [6, 6.07) is 2.46. The van der Waals surface area contributed by atoms with Crippen molar-refractivity contribution in [2.24, 2.45) is 5.73 Å². The van der Waals surface area contributed by atoms with E-state index >= 15 is 0 Å². The van der Waals surface area contributed by atoms with Crippen LogP contribution in [0.25, 0.3) is 11.4 Å². The van der Waals surface area contributed by atoms with Crippen LogP contribution in [0, 0.1) is 0 Å². The standard InChI is InChI=1S/C13H15F2N3O3/c1-13(14,15)7-4-8(11(20-3)9(5-7)19-2)12-17-10(6-16)21-18-12/h4-5H,6,16H2,1-3H3. The van der Waals surface area contributed by atoms with E-state index in [9.17, 15) is 8.78 Å². The second-order valence-corrected chi connectivity index (χ2v) is 4.36. The summed E-state index contributed by atoms with van der Waals surface area (Å²) in [4.78, 5) is 4.02. The van der Waals surface area contributed by atoms with Crippen molar-refractivity contribution < 1.29 is 22.8 Å². The summed E-state index contributed by atoms with van der Waals surface area (Å²) in [5, 5.41) is 3.72. The van der Waals surface area contributed by atoms with Gasteiger partial charge in [0.05, 0.1) is 26.3 Å². The Morgan fingerprint density at radius 2 is 2.00 bits per heavy atom. The number of nitrogens with two attached hydrogens (primary N) is 1. The minimum Gasteiger partial charge on any atom is -0.493 e. The fourth-order valence-corrected chi connectivity index (χ4v) is 1.83.